The summed E-state index contributed by atoms with van der Waals surface area (Å²) < 4.78 is 4.42. The van der Waals surface area contributed by atoms with Crippen molar-refractivity contribution in [3.8, 4) is 0 Å². The lowest BCUT2D eigenvalue weighted by atomic mass is 10.3. The molecule has 2 amide bonds. The molecule has 0 aromatic heterocycles. The van der Waals surface area contributed by atoms with Gasteiger partial charge >= 0.3 is 12.0 Å². The number of ether oxygens (including phenoxy) is 1. The number of hydrogen-bond acceptors (Lipinski definition) is 3. The summed E-state index contributed by atoms with van der Waals surface area (Å²) in [6.07, 6.45) is 2.07. The Morgan fingerprint density at radius 3 is 2.53 bits per heavy atom. The molecule has 2 N–H and O–H groups in total. The Morgan fingerprint density at radius 2 is 2.07 bits per heavy atom. The Hall–Kier alpha value is -1.52. The Bertz CT molecular complexity index is 261. The van der Waals surface area contributed by atoms with Crippen molar-refractivity contribution >= 4 is 12.0 Å². The summed E-state index contributed by atoms with van der Waals surface area (Å²) in [7, 11) is 1.28. The highest BCUT2D eigenvalue weighted by molar-refractivity contribution is 5.84. The van der Waals surface area contributed by atoms with Crippen molar-refractivity contribution in [2.45, 2.75) is 33.2 Å². The first-order chi connectivity index (χ1) is 6.99. The first-order valence-corrected chi connectivity index (χ1v) is 4.83. The fourth-order valence-corrected chi connectivity index (χ4v) is 0.813. The van der Waals surface area contributed by atoms with Gasteiger partial charge < -0.3 is 15.4 Å². The molecule has 0 spiro atoms. The maximum Gasteiger partial charge on any atom is 0.332 e. The maximum atomic E-state index is 11.3. The molecule has 5 nitrogen and oxygen atoms in total. The minimum atomic E-state index is -0.490. The van der Waals surface area contributed by atoms with Crippen molar-refractivity contribution in [1.82, 2.24) is 10.6 Å². The quantitative estimate of drug-likeness (QED) is 0.545. The van der Waals surface area contributed by atoms with E-state index in [1.807, 2.05) is 13.8 Å². The van der Waals surface area contributed by atoms with Crippen molar-refractivity contribution in [2.75, 3.05) is 7.11 Å². The molecule has 5 heteroatoms. The lowest BCUT2D eigenvalue weighted by Crippen LogP contribution is -2.39. The molecule has 0 aromatic rings. The number of carbonyl (C=O) groups excluding carboxylic acids is 2. The molecule has 0 aromatic carbocycles. The van der Waals surface area contributed by atoms with Crippen LogP contribution in [0.25, 0.3) is 0 Å². The Morgan fingerprint density at radius 1 is 1.47 bits per heavy atom. The topological polar surface area (TPSA) is 67.4 Å². The zero-order valence-electron chi connectivity index (χ0n) is 9.59. The van der Waals surface area contributed by atoms with Gasteiger partial charge in [-0.3, -0.25) is 0 Å². The average molecular weight is 214 g/mol. The number of rotatable bonds is 4. The van der Waals surface area contributed by atoms with E-state index in [1.165, 1.54) is 13.2 Å². The van der Waals surface area contributed by atoms with E-state index in [1.54, 1.807) is 6.92 Å². The van der Waals surface area contributed by atoms with Crippen molar-refractivity contribution in [1.29, 1.82) is 0 Å². The number of carbonyl (C=O) groups is 2. The zero-order valence-corrected chi connectivity index (χ0v) is 9.59. The van der Waals surface area contributed by atoms with E-state index in [2.05, 4.69) is 15.4 Å². The largest absolute Gasteiger partial charge is 0.466 e. The molecule has 0 aliphatic carbocycles. The second-order valence-corrected chi connectivity index (χ2v) is 3.26. The smallest absolute Gasteiger partial charge is 0.332 e. The van der Waals surface area contributed by atoms with E-state index in [4.69, 9.17) is 0 Å². The van der Waals surface area contributed by atoms with E-state index in [0.29, 0.717) is 5.70 Å². The van der Waals surface area contributed by atoms with E-state index in [-0.39, 0.29) is 12.1 Å². The molecule has 0 bridgehead atoms. The number of amides is 2. The van der Waals surface area contributed by atoms with Gasteiger partial charge in [-0.25, -0.2) is 9.59 Å². The third-order valence-corrected chi connectivity index (χ3v) is 1.84. The molecule has 0 fully saturated rings. The van der Waals surface area contributed by atoms with Gasteiger partial charge in [0.05, 0.1) is 7.11 Å². The van der Waals surface area contributed by atoms with Crippen molar-refractivity contribution in [3.63, 3.8) is 0 Å². The van der Waals surface area contributed by atoms with Crippen LogP contribution < -0.4 is 10.6 Å². The molecule has 0 aliphatic rings. The lowest BCUT2D eigenvalue weighted by molar-refractivity contribution is -0.134. The molecule has 0 heterocycles. The van der Waals surface area contributed by atoms with Gasteiger partial charge in [0.25, 0.3) is 0 Å². The molecule has 0 saturated heterocycles. The van der Waals surface area contributed by atoms with Crippen LogP contribution in [0.4, 0.5) is 4.79 Å². The number of esters is 1. The molecule has 0 saturated carbocycles. The summed E-state index contributed by atoms with van der Waals surface area (Å²) in [5.74, 6) is -0.490. The fourth-order valence-electron chi connectivity index (χ4n) is 0.813. The minimum Gasteiger partial charge on any atom is -0.466 e. The second kappa shape index (κ2) is 6.86. The molecule has 1 unspecified atom stereocenters. The molecule has 1 atom stereocenters. The Labute approximate surface area is 89.9 Å². The second-order valence-electron chi connectivity index (χ2n) is 3.26. The minimum absolute atomic E-state index is 0.107. The summed E-state index contributed by atoms with van der Waals surface area (Å²) in [6.45, 7) is 5.49. The monoisotopic (exact) mass is 214 g/mol. The van der Waals surface area contributed by atoms with Crippen LogP contribution in [-0.4, -0.2) is 25.2 Å². The SMILES string of the molecule is CCC(C)NC(=O)NC(C)=CC(=O)OC. The highest BCUT2D eigenvalue weighted by atomic mass is 16.5. The molecule has 0 rings (SSSR count). The van der Waals surface area contributed by atoms with E-state index in [0.717, 1.165) is 6.42 Å². The van der Waals surface area contributed by atoms with Crippen molar-refractivity contribution < 1.29 is 14.3 Å². The average Bonchev–Trinajstić information content (AvgIpc) is 2.16. The van der Waals surface area contributed by atoms with Crippen LogP contribution in [0.15, 0.2) is 11.8 Å². The Balaban J connectivity index is 4.06. The number of urea groups is 1. The van der Waals surface area contributed by atoms with Gasteiger partial charge in [0.2, 0.25) is 0 Å². The van der Waals surface area contributed by atoms with Gasteiger partial charge in [0.1, 0.15) is 0 Å². The first-order valence-electron chi connectivity index (χ1n) is 4.83. The summed E-state index contributed by atoms with van der Waals surface area (Å²) in [5, 5.41) is 5.23. The predicted octanol–water partition coefficient (Wildman–Crippen LogP) is 1.16. The van der Waals surface area contributed by atoms with Crippen molar-refractivity contribution in [3.05, 3.63) is 11.8 Å². The third kappa shape index (κ3) is 6.54. The van der Waals surface area contributed by atoms with Gasteiger partial charge in [-0.15, -0.1) is 0 Å². The highest BCUT2D eigenvalue weighted by Gasteiger charge is 2.05. The highest BCUT2D eigenvalue weighted by Crippen LogP contribution is 1.91. The van der Waals surface area contributed by atoms with E-state index < -0.39 is 5.97 Å². The molecule has 86 valence electrons. The van der Waals surface area contributed by atoms with Crippen LogP contribution in [0.3, 0.4) is 0 Å². The van der Waals surface area contributed by atoms with Crippen LogP contribution in [0.5, 0.6) is 0 Å². The zero-order chi connectivity index (χ0) is 11.8. The number of nitrogens with one attached hydrogen (secondary N) is 2. The Kier molecular flexibility index (Phi) is 6.17. The van der Waals surface area contributed by atoms with Gasteiger partial charge in [0.15, 0.2) is 0 Å². The number of hydrogen-bond donors (Lipinski definition) is 2. The third-order valence-electron chi connectivity index (χ3n) is 1.84. The van der Waals surface area contributed by atoms with Gasteiger partial charge in [0, 0.05) is 17.8 Å². The van der Waals surface area contributed by atoms with Crippen LogP contribution in [0.1, 0.15) is 27.2 Å². The molecular formula is C10H18N2O3. The number of methoxy groups -OCH3 is 1. The van der Waals surface area contributed by atoms with Gasteiger partial charge in [-0.2, -0.15) is 0 Å². The standard InChI is InChI=1S/C10H18N2O3/c1-5-7(2)11-10(14)12-8(3)6-9(13)15-4/h6-7H,5H2,1-4H3,(H2,11,12,14). The van der Waals surface area contributed by atoms with Crippen LogP contribution in [0.2, 0.25) is 0 Å². The predicted molar refractivity (Wildman–Crippen MR) is 57.2 cm³/mol. The van der Waals surface area contributed by atoms with Crippen LogP contribution in [0, 0.1) is 0 Å². The number of allylic oxidation sites excluding steroid dienone is 1. The molecule has 0 aliphatic heterocycles. The normalized spacial score (nSPS) is 12.9. The van der Waals surface area contributed by atoms with E-state index in [9.17, 15) is 9.59 Å². The summed E-state index contributed by atoms with van der Waals surface area (Å²) in [5.41, 5.74) is 0.447. The molecule has 0 radical (unpaired) electrons. The van der Waals surface area contributed by atoms with E-state index >= 15 is 0 Å². The first kappa shape index (κ1) is 13.5. The summed E-state index contributed by atoms with van der Waals surface area (Å²) in [4.78, 5) is 22.1. The maximum absolute atomic E-state index is 11.3. The lowest BCUT2D eigenvalue weighted by Gasteiger charge is -2.12. The summed E-state index contributed by atoms with van der Waals surface area (Å²) in [6, 6.07) is -0.210. The van der Waals surface area contributed by atoms with Gasteiger partial charge in [-0.05, 0) is 20.3 Å². The molecular weight excluding hydrogens is 196 g/mol. The van der Waals surface area contributed by atoms with Crippen molar-refractivity contribution in [2.24, 2.45) is 0 Å². The summed E-state index contributed by atoms with van der Waals surface area (Å²) >= 11 is 0. The molecule has 15 heavy (non-hydrogen) atoms. The van der Waals surface area contributed by atoms with Crippen LogP contribution in [-0.2, 0) is 9.53 Å². The fraction of sp³-hybridized carbons (Fsp3) is 0.600. The van der Waals surface area contributed by atoms with Gasteiger partial charge in [-0.1, -0.05) is 6.92 Å². The van der Waals surface area contributed by atoms with Crippen LogP contribution >= 0.6 is 0 Å².